The van der Waals surface area contributed by atoms with Gasteiger partial charge in [-0.05, 0) is 23.1 Å². The highest BCUT2D eigenvalue weighted by atomic mass is 33.1. The van der Waals surface area contributed by atoms with Crippen LogP contribution in [0.25, 0.3) is 0 Å². The predicted octanol–water partition coefficient (Wildman–Crippen LogP) is 4.95. The molecule has 0 aromatic heterocycles. The number of nitro groups is 1. The second-order valence-electron chi connectivity index (χ2n) is 5.21. The highest BCUT2D eigenvalue weighted by Gasteiger charge is 2.11. The quantitative estimate of drug-likeness (QED) is 0.239. The lowest BCUT2D eigenvalue weighted by molar-refractivity contribution is -0.385. The Labute approximate surface area is 163 Å². The minimum atomic E-state index is -0.970. The number of hydrogen-bond acceptors (Lipinski definition) is 6. The molecule has 0 bridgehead atoms. The Morgan fingerprint density at radius 3 is 2.62 bits per heavy atom. The van der Waals surface area contributed by atoms with Crippen LogP contribution in [0.1, 0.15) is 11.1 Å². The maximum Gasteiger partial charge on any atom is 0.273 e. The molecule has 0 aliphatic heterocycles. The number of benzene rings is 2. The Kier molecular flexibility index (Phi) is 8.73. The Balaban J connectivity index is 1.70. The zero-order valence-corrected chi connectivity index (χ0v) is 16.6. The molecule has 2 aromatic rings. The Morgan fingerprint density at radius 1 is 1.19 bits per heavy atom. The van der Waals surface area contributed by atoms with Crippen molar-refractivity contribution < 1.29 is 13.9 Å². The molecule has 0 saturated heterocycles. The van der Waals surface area contributed by atoms with E-state index in [1.807, 2.05) is 35.7 Å². The van der Waals surface area contributed by atoms with Crippen LogP contribution in [0.15, 0.2) is 60.0 Å². The fourth-order valence-electron chi connectivity index (χ4n) is 2.10. The molecule has 26 heavy (non-hydrogen) atoms. The number of nitro benzene ring substituents is 1. The lowest BCUT2D eigenvalue weighted by atomic mass is 10.2. The van der Waals surface area contributed by atoms with Crippen molar-refractivity contribution in [2.75, 3.05) is 12.9 Å². The van der Waals surface area contributed by atoms with E-state index in [1.165, 1.54) is 27.7 Å². The van der Waals surface area contributed by atoms with Gasteiger partial charge in [0.05, 0.1) is 12.0 Å². The van der Waals surface area contributed by atoms with E-state index in [0.29, 0.717) is 22.8 Å². The van der Waals surface area contributed by atoms with E-state index >= 15 is 0 Å². The minimum Gasteiger partial charge on any atom is -0.497 e. The number of para-hydroxylation sites is 1. The molecule has 8 heteroatoms. The molecular formula is C18H19NO4S3. The highest BCUT2D eigenvalue weighted by molar-refractivity contribution is 8.77. The summed E-state index contributed by atoms with van der Waals surface area (Å²) in [5.74, 6) is 2.31. The lowest BCUT2D eigenvalue weighted by Crippen LogP contribution is -1.98. The van der Waals surface area contributed by atoms with Gasteiger partial charge >= 0.3 is 0 Å². The second kappa shape index (κ2) is 11.1. The van der Waals surface area contributed by atoms with Crippen molar-refractivity contribution in [1.82, 2.24) is 0 Å². The second-order valence-corrected chi connectivity index (χ2v) is 8.99. The molecule has 0 heterocycles. The van der Waals surface area contributed by atoms with Gasteiger partial charge in [-0.3, -0.25) is 14.3 Å². The van der Waals surface area contributed by atoms with Gasteiger partial charge in [-0.2, -0.15) is 0 Å². The molecule has 2 rings (SSSR count). The summed E-state index contributed by atoms with van der Waals surface area (Å²) in [6.07, 6.45) is 1.87. The number of hydrogen-bond donors (Lipinski definition) is 0. The number of methoxy groups -OCH3 is 1. The van der Waals surface area contributed by atoms with Crippen LogP contribution < -0.4 is 4.74 Å². The minimum absolute atomic E-state index is 0.144. The molecule has 1 unspecified atom stereocenters. The predicted molar refractivity (Wildman–Crippen MR) is 111 cm³/mol. The number of nitrogens with zero attached hydrogens (tertiary/aromatic N) is 1. The summed E-state index contributed by atoms with van der Waals surface area (Å²) in [5, 5.41) is 12.8. The van der Waals surface area contributed by atoms with Gasteiger partial charge in [0.2, 0.25) is 0 Å². The first-order valence-electron chi connectivity index (χ1n) is 7.73. The lowest BCUT2D eigenvalue weighted by Gasteiger charge is -2.02. The average molecular weight is 410 g/mol. The summed E-state index contributed by atoms with van der Waals surface area (Å²) in [5.41, 5.74) is 1.85. The van der Waals surface area contributed by atoms with E-state index in [-0.39, 0.29) is 10.6 Å². The largest absolute Gasteiger partial charge is 0.497 e. The molecule has 138 valence electrons. The zero-order chi connectivity index (χ0) is 18.8. The van der Waals surface area contributed by atoms with Gasteiger partial charge in [0.1, 0.15) is 5.75 Å². The molecule has 0 radical (unpaired) electrons. The molecule has 0 saturated carbocycles. The van der Waals surface area contributed by atoms with Crippen LogP contribution in [0.4, 0.5) is 5.69 Å². The third-order valence-corrected chi connectivity index (χ3v) is 6.57. The molecule has 2 aromatic carbocycles. The highest BCUT2D eigenvalue weighted by Crippen LogP contribution is 2.30. The van der Waals surface area contributed by atoms with Gasteiger partial charge in [-0.1, -0.05) is 58.0 Å². The third kappa shape index (κ3) is 6.86. The van der Waals surface area contributed by atoms with Gasteiger partial charge in [0.15, 0.2) is 0 Å². The fraction of sp³-hybridized carbons (Fsp3) is 0.222. The van der Waals surface area contributed by atoms with Crippen LogP contribution in [-0.4, -0.2) is 22.0 Å². The van der Waals surface area contributed by atoms with Crippen LogP contribution in [0.5, 0.6) is 5.75 Å². The Hall–Kier alpha value is -1.77. The van der Waals surface area contributed by atoms with Crippen molar-refractivity contribution in [2.45, 2.75) is 11.5 Å². The molecule has 5 nitrogen and oxygen atoms in total. The molecule has 0 aliphatic rings. The zero-order valence-electron chi connectivity index (χ0n) is 14.2. The summed E-state index contributed by atoms with van der Waals surface area (Å²) in [4.78, 5) is 10.6. The maximum absolute atomic E-state index is 12.1. The molecule has 0 aliphatic carbocycles. The van der Waals surface area contributed by atoms with Crippen LogP contribution in [0.3, 0.4) is 0 Å². The molecule has 0 N–H and O–H groups in total. The van der Waals surface area contributed by atoms with Gasteiger partial charge in [-0.15, -0.1) is 0 Å². The van der Waals surface area contributed by atoms with E-state index in [9.17, 15) is 14.3 Å². The standard InChI is InChI=1S/C18H19NO4S3/c1-23-17-9-7-15(8-10-17)14-26(22)12-4-11-24-25-13-16-5-2-3-6-18(16)19(20)21/h2-11H,12-14H2,1H3/b11-4-. The smallest absolute Gasteiger partial charge is 0.273 e. The number of ether oxygens (including phenoxy) is 1. The van der Waals surface area contributed by atoms with Crippen molar-refractivity contribution in [3.63, 3.8) is 0 Å². The first kappa shape index (κ1) is 20.5. The molecule has 0 amide bonds. The van der Waals surface area contributed by atoms with E-state index < -0.39 is 10.8 Å². The topological polar surface area (TPSA) is 69.4 Å². The normalized spacial score (nSPS) is 12.2. The van der Waals surface area contributed by atoms with Crippen LogP contribution in [0.2, 0.25) is 0 Å². The Morgan fingerprint density at radius 2 is 1.92 bits per heavy atom. The average Bonchev–Trinajstić information content (AvgIpc) is 2.65. The van der Waals surface area contributed by atoms with Crippen LogP contribution in [-0.2, 0) is 22.3 Å². The van der Waals surface area contributed by atoms with Gasteiger partial charge < -0.3 is 4.74 Å². The van der Waals surface area contributed by atoms with Crippen LogP contribution in [0, 0.1) is 10.1 Å². The van der Waals surface area contributed by atoms with Gasteiger partial charge in [0, 0.05) is 39.7 Å². The van der Waals surface area contributed by atoms with Crippen molar-refractivity contribution in [3.05, 3.63) is 81.3 Å². The fourth-order valence-corrected chi connectivity index (χ4v) is 4.96. The van der Waals surface area contributed by atoms with Crippen molar-refractivity contribution in [2.24, 2.45) is 0 Å². The summed E-state index contributed by atoms with van der Waals surface area (Å²) in [6.45, 7) is 0. The van der Waals surface area contributed by atoms with Crippen molar-refractivity contribution in [1.29, 1.82) is 0 Å². The SMILES string of the molecule is COc1ccc(CS(=O)C/C=C\SSCc2ccccc2[N+](=O)[O-])cc1. The summed E-state index contributed by atoms with van der Waals surface area (Å²) in [7, 11) is 3.64. The van der Waals surface area contributed by atoms with E-state index in [1.54, 1.807) is 25.3 Å². The summed E-state index contributed by atoms with van der Waals surface area (Å²) >= 11 is 0. The summed E-state index contributed by atoms with van der Waals surface area (Å²) in [6, 6.07) is 14.3. The summed E-state index contributed by atoms with van der Waals surface area (Å²) < 4.78 is 17.2. The first-order chi connectivity index (χ1) is 12.6. The van der Waals surface area contributed by atoms with Gasteiger partial charge in [-0.25, -0.2) is 0 Å². The van der Waals surface area contributed by atoms with Gasteiger partial charge in [0.25, 0.3) is 5.69 Å². The molecular weight excluding hydrogens is 390 g/mol. The van der Waals surface area contributed by atoms with Crippen molar-refractivity contribution in [3.8, 4) is 5.75 Å². The van der Waals surface area contributed by atoms with E-state index in [4.69, 9.17) is 4.74 Å². The van der Waals surface area contributed by atoms with E-state index in [0.717, 1.165) is 11.3 Å². The molecule has 1 atom stereocenters. The maximum atomic E-state index is 12.1. The Bertz CT molecular complexity index is 778. The monoisotopic (exact) mass is 409 g/mol. The third-order valence-electron chi connectivity index (χ3n) is 3.39. The van der Waals surface area contributed by atoms with Crippen LogP contribution >= 0.6 is 21.6 Å². The molecule has 0 spiro atoms. The molecule has 0 fully saturated rings. The van der Waals surface area contributed by atoms with Crippen molar-refractivity contribution >= 4 is 38.1 Å². The van der Waals surface area contributed by atoms with E-state index in [2.05, 4.69) is 0 Å². The number of rotatable bonds is 10. The first-order valence-corrected chi connectivity index (χ1v) is 11.6.